The summed E-state index contributed by atoms with van der Waals surface area (Å²) >= 11 is 0. The lowest BCUT2D eigenvalue weighted by atomic mass is 10.2. The monoisotopic (exact) mass is 620 g/mol. The van der Waals surface area contributed by atoms with Gasteiger partial charge >= 0.3 is 11.9 Å². The average Bonchev–Trinajstić information content (AvgIpc) is 3.01. The van der Waals surface area contributed by atoms with Crippen LogP contribution in [0.4, 0.5) is 0 Å². The molecule has 228 valence electrons. The fourth-order valence-electron chi connectivity index (χ4n) is 6.31. The van der Waals surface area contributed by atoms with Gasteiger partial charge in [-0.05, 0) is 30.8 Å². The van der Waals surface area contributed by atoms with Crippen LogP contribution in [0.15, 0.2) is 133 Å². The highest BCUT2D eigenvalue weighted by molar-refractivity contribution is 7.05. The minimum Gasteiger partial charge on any atom is -0.465 e. The smallest absolute Gasteiger partial charge is 0.330 e. The van der Waals surface area contributed by atoms with E-state index >= 15 is 0 Å². The van der Waals surface area contributed by atoms with Crippen molar-refractivity contribution in [3.05, 3.63) is 133 Å². The SMILES string of the molecule is CC(C)(C)[Si](COC(=O)/C=C\C(=O)OC[Si](c1ccccc1)(c1ccccc1)C(C)(C)C)(c1ccccc1)c1ccccc1. The van der Waals surface area contributed by atoms with Crippen molar-refractivity contribution in [1.82, 2.24) is 0 Å². The molecule has 4 nitrogen and oxygen atoms in total. The van der Waals surface area contributed by atoms with Gasteiger partial charge in [-0.1, -0.05) is 163 Å². The zero-order valence-corrected chi connectivity index (χ0v) is 28.7. The Morgan fingerprint density at radius 3 is 0.909 bits per heavy atom. The Morgan fingerprint density at radius 1 is 0.477 bits per heavy atom. The number of ether oxygens (including phenoxy) is 2. The zero-order valence-electron chi connectivity index (χ0n) is 26.7. The molecule has 0 bridgehead atoms. The van der Waals surface area contributed by atoms with Crippen LogP contribution in [0, 0.1) is 0 Å². The molecular weight excluding hydrogens is 577 g/mol. The lowest BCUT2D eigenvalue weighted by Crippen LogP contribution is -2.67. The maximum atomic E-state index is 13.1. The van der Waals surface area contributed by atoms with Crippen molar-refractivity contribution in [3.8, 4) is 0 Å². The Bertz CT molecular complexity index is 1340. The summed E-state index contributed by atoms with van der Waals surface area (Å²) in [6.07, 6.45) is 2.91. The van der Waals surface area contributed by atoms with Crippen LogP contribution in [0.1, 0.15) is 41.5 Å². The first-order chi connectivity index (χ1) is 20.9. The van der Waals surface area contributed by atoms with E-state index in [9.17, 15) is 9.59 Å². The van der Waals surface area contributed by atoms with E-state index in [0.717, 1.165) is 0 Å². The van der Waals surface area contributed by atoms with Gasteiger partial charge in [-0.3, -0.25) is 0 Å². The molecule has 0 atom stereocenters. The van der Waals surface area contributed by atoms with E-state index in [1.54, 1.807) is 0 Å². The van der Waals surface area contributed by atoms with E-state index in [1.165, 1.54) is 32.9 Å². The Balaban J connectivity index is 1.55. The number of esters is 2. The van der Waals surface area contributed by atoms with Crippen molar-refractivity contribution in [2.24, 2.45) is 0 Å². The number of hydrogen-bond donors (Lipinski definition) is 0. The predicted octanol–water partition coefficient (Wildman–Crippen LogP) is 5.83. The Kier molecular flexibility index (Phi) is 10.3. The van der Waals surface area contributed by atoms with E-state index in [-0.39, 0.29) is 22.5 Å². The molecule has 0 saturated heterocycles. The summed E-state index contributed by atoms with van der Waals surface area (Å²) in [4.78, 5) is 26.2. The largest absolute Gasteiger partial charge is 0.465 e. The molecule has 0 fully saturated rings. The van der Waals surface area contributed by atoms with Crippen molar-refractivity contribution in [2.45, 2.75) is 51.6 Å². The molecule has 0 radical (unpaired) electrons. The lowest BCUT2D eigenvalue weighted by Gasteiger charge is -2.43. The number of rotatable bonds is 10. The second-order valence-corrected chi connectivity index (χ2v) is 22.8. The van der Waals surface area contributed by atoms with Gasteiger partial charge in [0, 0.05) is 12.2 Å². The lowest BCUT2D eigenvalue weighted by molar-refractivity contribution is -0.138. The topological polar surface area (TPSA) is 52.6 Å². The Hall–Kier alpha value is -4.01. The maximum absolute atomic E-state index is 13.1. The highest BCUT2D eigenvalue weighted by Gasteiger charge is 2.50. The van der Waals surface area contributed by atoms with Gasteiger partial charge in [0.25, 0.3) is 0 Å². The van der Waals surface area contributed by atoms with Crippen LogP contribution in [0.25, 0.3) is 0 Å². The van der Waals surface area contributed by atoms with Crippen LogP contribution < -0.4 is 20.7 Å². The highest BCUT2D eigenvalue weighted by atomic mass is 28.3. The van der Waals surface area contributed by atoms with Gasteiger partial charge in [-0.2, -0.15) is 0 Å². The summed E-state index contributed by atoms with van der Waals surface area (Å²) in [6, 6.07) is 41.4. The Morgan fingerprint density at radius 2 is 0.705 bits per heavy atom. The molecule has 0 aliphatic heterocycles. The van der Waals surface area contributed by atoms with Crippen molar-refractivity contribution < 1.29 is 19.1 Å². The molecule has 44 heavy (non-hydrogen) atoms. The summed E-state index contributed by atoms with van der Waals surface area (Å²) in [6.45, 7) is 13.3. The third-order valence-electron chi connectivity index (χ3n) is 8.84. The van der Waals surface area contributed by atoms with E-state index in [4.69, 9.17) is 9.47 Å². The van der Waals surface area contributed by atoms with Crippen LogP contribution in [0.5, 0.6) is 0 Å². The van der Waals surface area contributed by atoms with Crippen molar-refractivity contribution >= 4 is 48.8 Å². The van der Waals surface area contributed by atoms with Crippen molar-refractivity contribution in [1.29, 1.82) is 0 Å². The maximum Gasteiger partial charge on any atom is 0.330 e. The molecule has 6 heteroatoms. The fourth-order valence-corrected chi connectivity index (χ4v) is 15.7. The molecule has 0 heterocycles. The summed E-state index contributed by atoms with van der Waals surface area (Å²) in [7, 11) is -5.18. The highest BCUT2D eigenvalue weighted by Crippen LogP contribution is 2.37. The summed E-state index contributed by atoms with van der Waals surface area (Å²) in [5, 5.41) is 4.46. The number of hydrogen-bond acceptors (Lipinski definition) is 4. The van der Waals surface area contributed by atoms with E-state index in [1.807, 2.05) is 72.8 Å². The third kappa shape index (κ3) is 6.87. The molecule has 0 spiro atoms. The molecule has 0 aromatic heterocycles. The van der Waals surface area contributed by atoms with Gasteiger partial charge < -0.3 is 9.47 Å². The second-order valence-electron chi connectivity index (χ2n) is 13.3. The first kappa shape index (κ1) is 32.9. The van der Waals surface area contributed by atoms with Gasteiger partial charge in [-0.15, -0.1) is 0 Å². The van der Waals surface area contributed by atoms with Gasteiger partial charge in [0.05, 0.1) is 12.5 Å². The van der Waals surface area contributed by atoms with Crippen LogP contribution >= 0.6 is 0 Å². The van der Waals surface area contributed by atoms with Gasteiger partial charge in [0.1, 0.15) is 0 Å². The van der Waals surface area contributed by atoms with Crippen molar-refractivity contribution in [3.63, 3.8) is 0 Å². The fraction of sp³-hybridized carbons (Fsp3) is 0.263. The van der Waals surface area contributed by atoms with E-state index in [0.29, 0.717) is 0 Å². The van der Waals surface area contributed by atoms with Gasteiger partial charge in [-0.25, -0.2) is 9.59 Å². The third-order valence-corrected chi connectivity index (χ3v) is 20.4. The predicted molar refractivity (Wildman–Crippen MR) is 186 cm³/mol. The van der Waals surface area contributed by atoms with Crippen molar-refractivity contribution in [2.75, 3.05) is 12.5 Å². The Labute approximate surface area is 264 Å². The first-order valence-electron chi connectivity index (χ1n) is 15.2. The minimum absolute atomic E-state index is 0.158. The molecule has 0 aliphatic rings. The second kappa shape index (κ2) is 13.7. The molecule has 0 saturated carbocycles. The van der Waals surface area contributed by atoms with Crippen LogP contribution in [-0.4, -0.2) is 40.5 Å². The summed E-state index contributed by atoms with van der Waals surface area (Å²) in [5.74, 6) is -1.11. The normalized spacial score (nSPS) is 12.6. The number of carbonyl (C=O) groups is 2. The molecule has 4 aromatic rings. The number of carbonyl (C=O) groups excluding carboxylic acids is 2. The molecule has 4 aromatic carbocycles. The molecule has 0 N–H and O–H groups in total. The van der Waals surface area contributed by atoms with E-state index in [2.05, 4.69) is 90.1 Å². The quantitative estimate of drug-likeness (QED) is 0.127. The molecule has 0 amide bonds. The first-order valence-corrected chi connectivity index (χ1v) is 19.6. The van der Waals surface area contributed by atoms with Crippen LogP contribution in [0.3, 0.4) is 0 Å². The summed E-state index contributed by atoms with van der Waals surface area (Å²) in [5.41, 5.74) is 0. The van der Waals surface area contributed by atoms with Gasteiger partial charge in [0.2, 0.25) is 0 Å². The number of benzene rings is 4. The minimum atomic E-state index is -2.59. The van der Waals surface area contributed by atoms with Crippen LogP contribution in [-0.2, 0) is 19.1 Å². The van der Waals surface area contributed by atoms with Gasteiger partial charge in [0.15, 0.2) is 16.1 Å². The zero-order chi connectivity index (χ0) is 31.8. The van der Waals surface area contributed by atoms with Crippen LogP contribution in [0.2, 0.25) is 10.1 Å². The average molecular weight is 621 g/mol. The summed E-state index contributed by atoms with van der Waals surface area (Å²) < 4.78 is 11.9. The molecule has 0 unspecified atom stereocenters. The molecular formula is C38H44O4Si2. The van der Waals surface area contributed by atoms with E-state index < -0.39 is 28.1 Å². The molecule has 0 aliphatic carbocycles. The standard InChI is InChI=1S/C38H44O4Si2/c1-37(2,3)43(31-19-11-7-12-20-31,32-21-13-8-14-22-32)29-41-35(39)27-28-36(40)42-30-44(38(4,5)6,33-23-15-9-16-24-33)34-25-17-10-18-26-34/h7-28H,29-30H2,1-6H3/b28-27-. The molecule has 4 rings (SSSR count).